The third-order valence-corrected chi connectivity index (χ3v) is 6.57. The summed E-state index contributed by atoms with van der Waals surface area (Å²) in [5.74, 6) is 2.27. The van der Waals surface area contributed by atoms with Crippen molar-refractivity contribution in [1.29, 1.82) is 0 Å². The van der Waals surface area contributed by atoms with Crippen LogP contribution in [0.5, 0.6) is 0 Å². The number of hydrogen-bond donors (Lipinski definition) is 1. The SMILES string of the molecule is CCCC1CCCN(C2(CN)CCSC2C)CC1. The van der Waals surface area contributed by atoms with E-state index >= 15 is 0 Å². The number of nitrogens with zero attached hydrogens (tertiary/aromatic N) is 1. The van der Waals surface area contributed by atoms with Crippen molar-refractivity contribution in [2.45, 2.75) is 63.2 Å². The Morgan fingerprint density at radius 1 is 1.33 bits per heavy atom. The fourth-order valence-electron chi connectivity index (χ4n) is 3.89. The Balaban J connectivity index is 2.00. The fourth-order valence-corrected chi connectivity index (χ4v) is 5.39. The molecule has 106 valence electrons. The molecule has 3 unspecified atom stereocenters. The van der Waals surface area contributed by atoms with Crippen molar-refractivity contribution >= 4 is 11.8 Å². The Bertz CT molecular complexity index is 259. The van der Waals surface area contributed by atoms with Crippen LogP contribution in [0.15, 0.2) is 0 Å². The van der Waals surface area contributed by atoms with E-state index in [1.54, 1.807) is 0 Å². The van der Waals surface area contributed by atoms with Gasteiger partial charge in [-0.15, -0.1) is 0 Å². The summed E-state index contributed by atoms with van der Waals surface area (Å²) in [6.45, 7) is 8.12. The molecule has 2 nitrogen and oxygen atoms in total. The van der Waals surface area contributed by atoms with Crippen molar-refractivity contribution in [3.8, 4) is 0 Å². The predicted molar refractivity (Wildman–Crippen MR) is 82.1 cm³/mol. The first-order valence-electron chi connectivity index (χ1n) is 7.79. The largest absolute Gasteiger partial charge is 0.329 e. The van der Waals surface area contributed by atoms with Crippen LogP contribution >= 0.6 is 11.8 Å². The van der Waals surface area contributed by atoms with Gasteiger partial charge in [-0.3, -0.25) is 4.90 Å². The molecule has 0 aromatic heterocycles. The van der Waals surface area contributed by atoms with Gasteiger partial charge >= 0.3 is 0 Å². The van der Waals surface area contributed by atoms with Gasteiger partial charge in [0.2, 0.25) is 0 Å². The second-order valence-corrected chi connectivity index (χ2v) is 7.59. The maximum Gasteiger partial charge on any atom is 0.0455 e. The van der Waals surface area contributed by atoms with Gasteiger partial charge in [-0.05, 0) is 50.4 Å². The zero-order chi connectivity index (χ0) is 13.0. The lowest BCUT2D eigenvalue weighted by molar-refractivity contribution is 0.0999. The summed E-state index contributed by atoms with van der Waals surface area (Å²) in [7, 11) is 0. The second kappa shape index (κ2) is 6.62. The first-order valence-corrected chi connectivity index (χ1v) is 8.84. The molecule has 2 heterocycles. The van der Waals surface area contributed by atoms with E-state index in [9.17, 15) is 0 Å². The van der Waals surface area contributed by atoms with Crippen molar-refractivity contribution in [1.82, 2.24) is 4.90 Å². The summed E-state index contributed by atoms with van der Waals surface area (Å²) in [6, 6.07) is 0. The van der Waals surface area contributed by atoms with E-state index in [0.717, 1.165) is 12.5 Å². The number of nitrogens with two attached hydrogens (primary N) is 1. The average Bonchev–Trinajstić information content (AvgIpc) is 2.60. The molecule has 18 heavy (non-hydrogen) atoms. The zero-order valence-corrected chi connectivity index (χ0v) is 13.0. The van der Waals surface area contributed by atoms with E-state index in [1.165, 1.54) is 57.4 Å². The normalized spacial score (nSPS) is 38.8. The van der Waals surface area contributed by atoms with Crippen molar-refractivity contribution in [3.05, 3.63) is 0 Å². The van der Waals surface area contributed by atoms with Gasteiger partial charge in [0, 0.05) is 17.3 Å². The molecule has 0 aromatic carbocycles. The van der Waals surface area contributed by atoms with Crippen LogP contribution < -0.4 is 5.73 Å². The molecule has 2 saturated heterocycles. The number of likely N-dealkylation sites (tertiary alicyclic amines) is 1. The van der Waals surface area contributed by atoms with Crippen LogP contribution in [0, 0.1) is 5.92 Å². The second-order valence-electron chi connectivity index (χ2n) is 6.14. The molecule has 2 rings (SSSR count). The molecule has 0 aromatic rings. The summed E-state index contributed by atoms with van der Waals surface area (Å²) < 4.78 is 0. The van der Waals surface area contributed by atoms with E-state index in [4.69, 9.17) is 5.73 Å². The van der Waals surface area contributed by atoms with E-state index in [2.05, 4.69) is 30.5 Å². The summed E-state index contributed by atoms with van der Waals surface area (Å²) in [5, 5.41) is 0.713. The van der Waals surface area contributed by atoms with Gasteiger partial charge in [-0.1, -0.05) is 26.7 Å². The highest BCUT2D eigenvalue weighted by Gasteiger charge is 2.44. The van der Waals surface area contributed by atoms with Gasteiger partial charge in [-0.25, -0.2) is 0 Å². The third kappa shape index (κ3) is 2.88. The summed E-state index contributed by atoms with van der Waals surface area (Å²) >= 11 is 2.12. The van der Waals surface area contributed by atoms with Crippen LogP contribution in [0.25, 0.3) is 0 Å². The molecular weight excluding hydrogens is 240 g/mol. The van der Waals surface area contributed by atoms with Gasteiger partial charge in [0.15, 0.2) is 0 Å². The lowest BCUT2D eigenvalue weighted by Crippen LogP contribution is -2.57. The van der Waals surface area contributed by atoms with Gasteiger partial charge in [0.1, 0.15) is 0 Å². The van der Waals surface area contributed by atoms with Gasteiger partial charge in [0.05, 0.1) is 0 Å². The Morgan fingerprint density at radius 2 is 2.17 bits per heavy atom. The van der Waals surface area contributed by atoms with E-state index in [1.807, 2.05) is 0 Å². The molecular formula is C15H30N2S. The molecule has 0 spiro atoms. The first-order chi connectivity index (χ1) is 8.73. The van der Waals surface area contributed by atoms with Gasteiger partial charge in [-0.2, -0.15) is 11.8 Å². The minimum Gasteiger partial charge on any atom is -0.329 e. The average molecular weight is 270 g/mol. The van der Waals surface area contributed by atoms with Crippen LogP contribution in [0.1, 0.15) is 52.4 Å². The molecule has 3 atom stereocenters. The molecule has 2 aliphatic rings. The lowest BCUT2D eigenvalue weighted by Gasteiger charge is -2.43. The maximum atomic E-state index is 6.18. The van der Waals surface area contributed by atoms with Gasteiger partial charge < -0.3 is 5.73 Å². The molecule has 0 aliphatic carbocycles. The topological polar surface area (TPSA) is 29.3 Å². The van der Waals surface area contributed by atoms with Gasteiger partial charge in [0.25, 0.3) is 0 Å². The highest BCUT2D eigenvalue weighted by molar-refractivity contribution is 8.00. The van der Waals surface area contributed by atoms with Crippen molar-refractivity contribution in [3.63, 3.8) is 0 Å². The molecule has 0 amide bonds. The Hall–Kier alpha value is 0.270. The van der Waals surface area contributed by atoms with Crippen LogP contribution in [0.3, 0.4) is 0 Å². The Morgan fingerprint density at radius 3 is 2.78 bits per heavy atom. The van der Waals surface area contributed by atoms with Crippen LogP contribution in [-0.2, 0) is 0 Å². The van der Waals surface area contributed by atoms with Crippen LogP contribution in [0.2, 0.25) is 0 Å². The minimum absolute atomic E-state index is 0.311. The summed E-state index contributed by atoms with van der Waals surface area (Å²) in [4.78, 5) is 2.76. The fraction of sp³-hybridized carbons (Fsp3) is 1.00. The standard InChI is InChI=1S/C15H30N2S/c1-3-5-14-6-4-9-17(10-7-14)15(12-16)8-11-18-13(15)2/h13-14H,3-12,16H2,1-2H3. The van der Waals surface area contributed by atoms with Crippen LogP contribution in [0.4, 0.5) is 0 Å². The maximum absolute atomic E-state index is 6.18. The number of thioether (sulfide) groups is 1. The summed E-state index contributed by atoms with van der Waals surface area (Å²) in [6.07, 6.45) is 8.28. The molecule has 2 aliphatic heterocycles. The highest BCUT2D eigenvalue weighted by Crippen LogP contribution is 2.41. The predicted octanol–water partition coefficient (Wildman–Crippen LogP) is 3.11. The molecule has 0 radical (unpaired) electrons. The molecule has 2 fully saturated rings. The highest BCUT2D eigenvalue weighted by atomic mass is 32.2. The third-order valence-electron chi connectivity index (χ3n) is 5.19. The molecule has 0 bridgehead atoms. The smallest absolute Gasteiger partial charge is 0.0455 e. The van der Waals surface area contributed by atoms with Crippen molar-refractivity contribution < 1.29 is 0 Å². The van der Waals surface area contributed by atoms with Crippen molar-refractivity contribution in [2.75, 3.05) is 25.4 Å². The Kier molecular flexibility index (Phi) is 5.40. The minimum atomic E-state index is 0.311. The van der Waals surface area contributed by atoms with Crippen LogP contribution in [-0.4, -0.2) is 41.1 Å². The monoisotopic (exact) mass is 270 g/mol. The zero-order valence-electron chi connectivity index (χ0n) is 12.2. The lowest BCUT2D eigenvalue weighted by atomic mass is 9.90. The molecule has 0 saturated carbocycles. The first kappa shape index (κ1) is 14.7. The molecule has 3 heteroatoms. The van der Waals surface area contributed by atoms with Crippen molar-refractivity contribution in [2.24, 2.45) is 11.7 Å². The number of hydrogen-bond acceptors (Lipinski definition) is 3. The van der Waals surface area contributed by atoms with E-state index in [-0.39, 0.29) is 0 Å². The van der Waals surface area contributed by atoms with E-state index in [0.29, 0.717) is 10.8 Å². The molecule has 2 N–H and O–H groups in total. The summed E-state index contributed by atoms with van der Waals surface area (Å²) in [5.41, 5.74) is 6.49. The quantitative estimate of drug-likeness (QED) is 0.851. The van der Waals surface area contributed by atoms with E-state index < -0.39 is 0 Å². The number of rotatable bonds is 4. The Labute approximate surface area is 117 Å².